The molecular weight excluding hydrogens is 270 g/mol. The quantitative estimate of drug-likeness (QED) is 0.922. The van der Waals surface area contributed by atoms with Crippen LogP contribution in [-0.2, 0) is 4.79 Å². The van der Waals surface area contributed by atoms with Crippen molar-refractivity contribution < 1.29 is 19.4 Å². The number of amides is 1. The molecule has 3 unspecified atom stereocenters. The third kappa shape index (κ3) is 2.26. The van der Waals surface area contributed by atoms with Crippen LogP contribution in [0.25, 0.3) is 0 Å². The molecule has 0 radical (unpaired) electrons. The number of nitrogens with zero attached hydrogens (tertiary/aromatic N) is 1. The molecule has 3 rings (SSSR count). The highest BCUT2D eigenvalue weighted by Gasteiger charge is 2.51. The number of ether oxygens (including phenoxy) is 1. The van der Waals surface area contributed by atoms with Crippen LogP contribution in [0.1, 0.15) is 36.5 Å². The SMILES string of the molecule is CCOc1ccccc1C(=O)N1C2CCC1C(C(=O)O)C2. The highest BCUT2D eigenvalue weighted by atomic mass is 16.5. The monoisotopic (exact) mass is 289 g/mol. The van der Waals surface area contributed by atoms with Crippen LogP contribution < -0.4 is 4.74 Å². The van der Waals surface area contributed by atoms with Crippen molar-refractivity contribution in [3.8, 4) is 5.75 Å². The third-order valence-corrected chi connectivity index (χ3v) is 4.51. The zero-order valence-electron chi connectivity index (χ0n) is 12.0. The van der Waals surface area contributed by atoms with Gasteiger partial charge in [-0.3, -0.25) is 9.59 Å². The topological polar surface area (TPSA) is 66.8 Å². The van der Waals surface area contributed by atoms with Crippen molar-refractivity contribution in [1.29, 1.82) is 0 Å². The number of carbonyl (C=O) groups excluding carboxylic acids is 1. The molecule has 5 heteroatoms. The van der Waals surface area contributed by atoms with Gasteiger partial charge in [-0.05, 0) is 38.3 Å². The molecule has 112 valence electrons. The lowest BCUT2D eigenvalue weighted by molar-refractivity contribution is -0.142. The van der Waals surface area contributed by atoms with Crippen LogP contribution in [0, 0.1) is 5.92 Å². The van der Waals surface area contributed by atoms with E-state index in [1.54, 1.807) is 17.0 Å². The van der Waals surface area contributed by atoms with Gasteiger partial charge in [-0.2, -0.15) is 0 Å². The molecule has 2 bridgehead atoms. The Morgan fingerprint density at radius 3 is 2.76 bits per heavy atom. The van der Waals surface area contributed by atoms with Gasteiger partial charge in [0.25, 0.3) is 5.91 Å². The lowest BCUT2D eigenvalue weighted by Gasteiger charge is -2.24. The second-order valence-corrected chi connectivity index (χ2v) is 5.62. The highest BCUT2D eigenvalue weighted by Crippen LogP contribution is 2.43. The van der Waals surface area contributed by atoms with Crippen LogP contribution in [0.4, 0.5) is 0 Å². The average molecular weight is 289 g/mol. The van der Waals surface area contributed by atoms with Crippen LogP contribution in [0.2, 0.25) is 0 Å². The summed E-state index contributed by atoms with van der Waals surface area (Å²) in [4.78, 5) is 25.9. The molecule has 1 N–H and O–H groups in total. The van der Waals surface area contributed by atoms with Gasteiger partial charge in [-0.15, -0.1) is 0 Å². The van der Waals surface area contributed by atoms with E-state index in [-0.39, 0.29) is 18.0 Å². The number of carbonyl (C=O) groups is 2. The smallest absolute Gasteiger partial charge is 0.308 e. The van der Waals surface area contributed by atoms with Gasteiger partial charge in [0.15, 0.2) is 0 Å². The van der Waals surface area contributed by atoms with Gasteiger partial charge in [-0.1, -0.05) is 12.1 Å². The number of fused-ring (bicyclic) bond motifs is 2. The molecular formula is C16H19NO4. The highest BCUT2D eigenvalue weighted by molar-refractivity contribution is 5.98. The summed E-state index contributed by atoms with van der Waals surface area (Å²) in [5.41, 5.74) is 0.530. The molecule has 2 aliphatic rings. The maximum atomic E-state index is 12.8. The summed E-state index contributed by atoms with van der Waals surface area (Å²) in [7, 11) is 0. The van der Waals surface area contributed by atoms with Crippen molar-refractivity contribution in [3.63, 3.8) is 0 Å². The largest absolute Gasteiger partial charge is 0.493 e. The molecule has 5 nitrogen and oxygen atoms in total. The number of para-hydroxylation sites is 1. The van der Waals surface area contributed by atoms with Crippen LogP contribution in [-0.4, -0.2) is 40.6 Å². The van der Waals surface area contributed by atoms with Crippen molar-refractivity contribution in [2.24, 2.45) is 5.92 Å². The predicted octanol–water partition coefficient (Wildman–Crippen LogP) is 2.16. The summed E-state index contributed by atoms with van der Waals surface area (Å²) in [6, 6.07) is 7.06. The molecule has 1 aromatic carbocycles. The zero-order chi connectivity index (χ0) is 15.0. The van der Waals surface area contributed by atoms with E-state index in [0.717, 1.165) is 12.8 Å². The first-order valence-electron chi connectivity index (χ1n) is 7.40. The van der Waals surface area contributed by atoms with Crippen LogP contribution >= 0.6 is 0 Å². The number of carboxylic acid groups (broad SMARTS) is 1. The van der Waals surface area contributed by atoms with Gasteiger partial charge < -0.3 is 14.7 Å². The van der Waals surface area contributed by atoms with Gasteiger partial charge >= 0.3 is 5.97 Å². The van der Waals surface area contributed by atoms with Crippen molar-refractivity contribution in [1.82, 2.24) is 4.90 Å². The van der Waals surface area contributed by atoms with E-state index in [2.05, 4.69) is 0 Å². The number of rotatable bonds is 4. The summed E-state index contributed by atoms with van der Waals surface area (Å²) in [6.07, 6.45) is 2.25. The van der Waals surface area contributed by atoms with Crippen molar-refractivity contribution in [2.45, 2.75) is 38.3 Å². The average Bonchev–Trinajstić information content (AvgIpc) is 3.05. The molecule has 0 saturated carbocycles. The summed E-state index contributed by atoms with van der Waals surface area (Å²) < 4.78 is 5.52. The van der Waals surface area contributed by atoms with Crippen LogP contribution in [0.15, 0.2) is 24.3 Å². The molecule has 2 heterocycles. The van der Waals surface area contributed by atoms with E-state index in [9.17, 15) is 14.7 Å². The van der Waals surface area contributed by atoms with Gasteiger partial charge in [0.2, 0.25) is 0 Å². The first-order chi connectivity index (χ1) is 10.1. The van der Waals surface area contributed by atoms with E-state index < -0.39 is 11.9 Å². The molecule has 0 aromatic heterocycles. The number of carboxylic acids is 1. The Kier molecular flexibility index (Phi) is 3.57. The maximum absolute atomic E-state index is 12.8. The summed E-state index contributed by atoms with van der Waals surface area (Å²) in [6.45, 7) is 2.37. The molecule has 21 heavy (non-hydrogen) atoms. The molecule has 2 aliphatic heterocycles. The summed E-state index contributed by atoms with van der Waals surface area (Å²) >= 11 is 0. The molecule has 1 aromatic rings. The Bertz CT molecular complexity index is 571. The third-order valence-electron chi connectivity index (χ3n) is 4.51. The summed E-state index contributed by atoms with van der Waals surface area (Å²) in [5, 5.41) is 9.28. The lowest BCUT2D eigenvalue weighted by atomic mass is 9.89. The number of benzene rings is 1. The first kappa shape index (κ1) is 13.9. The molecule has 2 saturated heterocycles. The number of aliphatic carboxylic acids is 1. The minimum atomic E-state index is -0.793. The summed E-state index contributed by atoms with van der Waals surface area (Å²) in [5.74, 6) is -0.747. The molecule has 2 fully saturated rings. The minimum Gasteiger partial charge on any atom is -0.493 e. The maximum Gasteiger partial charge on any atom is 0.308 e. The molecule has 1 amide bonds. The van der Waals surface area contributed by atoms with Crippen molar-refractivity contribution in [2.75, 3.05) is 6.61 Å². The fourth-order valence-corrected chi connectivity index (χ4v) is 3.63. The van der Waals surface area contributed by atoms with E-state index in [4.69, 9.17) is 4.74 Å². The Balaban J connectivity index is 1.88. The van der Waals surface area contributed by atoms with Gasteiger partial charge in [0, 0.05) is 12.1 Å². The second kappa shape index (κ2) is 5.39. The molecule has 3 atom stereocenters. The van der Waals surface area contributed by atoms with E-state index in [1.807, 2.05) is 19.1 Å². The number of hydrogen-bond donors (Lipinski definition) is 1. The lowest BCUT2D eigenvalue weighted by Crippen LogP contribution is -2.38. The van der Waals surface area contributed by atoms with Crippen molar-refractivity contribution in [3.05, 3.63) is 29.8 Å². The fourth-order valence-electron chi connectivity index (χ4n) is 3.63. The second-order valence-electron chi connectivity index (χ2n) is 5.62. The van der Waals surface area contributed by atoms with E-state index in [0.29, 0.717) is 24.3 Å². The van der Waals surface area contributed by atoms with Gasteiger partial charge in [0.05, 0.1) is 18.1 Å². The van der Waals surface area contributed by atoms with Crippen molar-refractivity contribution >= 4 is 11.9 Å². The predicted molar refractivity (Wildman–Crippen MR) is 76.3 cm³/mol. The van der Waals surface area contributed by atoms with E-state index >= 15 is 0 Å². The Labute approximate surface area is 123 Å². The molecule has 0 aliphatic carbocycles. The minimum absolute atomic E-state index is 0.0540. The fraction of sp³-hybridized carbons (Fsp3) is 0.500. The first-order valence-corrected chi connectivity index (χ1v) is 7.40. The number of hydrogen-bond acceptors (Lipinski definition) is 3. The van der Waals surface area contributed by atoms with Crippen LogP contribution in [0.3, 0.4) is 0 Å². The van der Waals surface area contributed by atoms with Crippen LogP contribution in [0.5, 0.6) is 5.75 Å². The Morgan fingerprint density at radius 2 is 2.10 bits per heavy atom. The zero-order valence-corrected chi connectivity index (χ0v) is 12.0. The Hall–Kier alpha value is -2.04. The molecule has 0 spiro atoms. The van der Waals surface area contributed by atoms with Gasteiger partial charge in [-0.25, -0.2) is 0 Å². The van der Waals surface area contributed by atoms with Gasteiger partial charge in [0.1, 0.15) is 5.75 Å². The Morgan fingerprint density at radius 1 is 1.33 bits per heavy atom. The standard InChI is InChI=1S/C16H19NO4/c1-2-21-14-6-4-3-5-11(14)15(18)17-10-7-8-13(17)12(9-10)16(19)20/h3-6,10,12-13H,2,7-9H2,1H3,(H,19,20). The van der Waals surface area contributed by atoms with E-state index in [1.165, 1.54) is 0 Å². The normalized spacial score (nSPS) is 26.9.